The predicted molar refractivity (Wildman–Crippen MR) is 135 cm³/mol. The third-order valence-corrected chi connectivity index (χ3v) is 7.50. The van der Waals surface area contributed by atoms with Gasteiger partial charge in [-0.15, -0.1) is 5.10 Å². The number of H-pyrrole nitrogens is 1. The first-order chi connectivity index (χ1) is 17.0. The van der Waals surface area contributed by atoms with E-state index in [0.717, 1.165) is 52.9 Å². The van der Waals surface area contributed by atoms with Gasteiger partial charge in [0.2, 0.25) is 0 Å². The van der Waals surface area contributed by atoms with Crippen molar-refractivity contribution in [1.29, 1.82) is 0 Å². The Balaban J connectivity index is 1.52. The minimum Gasteiger partial charge on any atom is -0.468 e. The summed E-state index contributed by atoms with van der Waals surface area (Å²) < 4.78 is 7.74. The lowest BCUT2D eigenvalue weighted by atomic mass is 9.95. The van der Waals surface area contributed by atoms with Crippen LogP contribution in [0, 0.1) is 13.8 Å². The molecule has 0 radical (unpaired) electrons. The number of aryl methyl sites for hydroxylation is 2. The second-order valence-electron chi connectivity index (χ2n) is 9.78. The molecule has 1 aliphatic carbocycles. The molecular weight excluding hydrogens is 440 g/mol. The van der Waals surface area contributed by atoms with Crippen molar-refractivity contribution in [3.8, 4) is 0 Å². The number of fused-ring (bicyclic) bond motifs is 1. The molecule has 35 heavy (non-hydrogen) atoms. The van der Waals surface area contributed by atoms with Crippen LogP contribution in [0.3, 0.4) is 0 Å². The van der Waals surface area contributed by atoms with Crippen molar-refractivity contribution in [2.24, 2.45) is 0 Å². The number of tetrazole rings is 1. The number of furan rings is 1. The molecule has 0 spiro atoms. The third-order valence-electron chi connectivity index (χ3n) is 7.50. The van der Waals surface area contributed by atoms with Gasteiger partial charge in [-0.25, -0.2) is 4.68 Å². The van der Waals surface area contributed by atoms with E-state index < -0.39 is 0 Å². The van der Waals surface area contributed by atoms with Gasteiger partial charge in [-0.1, -0.05) is 38.3 Å². The van der Waals surface area contributed by atoms with Gasteiger partial charge in [0.05, 0.1) is 30.4 Å². The molecule has 0 amide bonds. The Morgan fingerprint density at radius 2 is 2.00 bits per heavy atom. The summed E-state index contributed by atoms with van der Waals surface area (Å²) in [5, 5.41) is 14.0. The van der Waals surface area contributed by atoms with Crippen molar-refractivity contribution >= 4 is 10.9 Å². The molecule has 184 valence electrons. The lowest BCUT2D eigenvalue weighted by Crippen LogP contribution is -2.33. The zero-order valence-electron chi connectivity index (χ0n) is 20.8. The van der Waals surface area contributed by atoms with Gasteiger partial charge in [0.15, 0.2) is 5.82 Å². The van der Waals surface area contributed by atoms with E-state index in [1.165, 1.54) is 24.8 Å². The largest absolute Gasteiger partial charge is 0.468 e. The highest BCUT2D eigenvalue weighted by atomic mass is 16.3. The fourth-order valence-electron chi connectivity index (χ4n) is 5.39. The lowest BCUT2D eigenvalue weighted by Gasteiger charge is -2.31. The fourth-order valence-corrected chi connectivity index (χ4v) is 5.39. The van der Waals surface area contributed by atoms with Crippen LogP contribution in [0.4, 0.5) is 0 Å². The number of aromatic amines is 1. The van der Waals surface area contributed by atoms with Crippen LogP contribution in [0.1, 0.15) is 85.8 Å². The van der Waals surface area contributed by atoms with Crippen molar-refractivity contribution in [2.45, 2.75) is 84.5 Å². The number of aromatic nitrogens is 5. The molecule has 1 atom stereocenters. The van der Waals surface area contributed by atoms with Gasteiger partial charge in [0.25, 0.3) is 5.56 Å². The van der Waals surface area contributed by atoms with E-state index in [9.17, 15) is 4.79 Å². The van der Waals surface area contributed by atoms with Gasteiger partial charge < -0.3 is 9.40 Å². The number of benzene rings is 1. The van der Waals surface area contributed by atoms with Gasteiger partial charge in [-0.05, 0) is 78.2 Å². The van der Waals surface area contributed by atoms with Crippen LogP contribution in [-0.2, 0) is 13.1 Å². The molecule has 0 bridgehead atoms. The molecule has 8 heteroatoms. The second kappa shape index (κ2) is 10.2. The topological polar surface area (TPSA) is 92.8 Å². The number of nitrogens with one attached hydrogen (secondary N) is 1. The highest BCUT2D eigenvalue weighted by molar-refractivity contribution is 5.83. The average Bonchev–Trinajstić information content (AvgIpc) is 3.56. The minimum absolute atomic E-state index is 0.0492. The van der Waals surface area contributed by atoms with Crippen molar-refractivity contribution in [1.82, 2.24) is 30.1 Å². The van der Waals surface area contributed by atoms with E-state index in [4.69, 9.17) is 4.42 Å². The van der Waals surface area contributed by atoms with E-state index in [-0.39, 0.29) is 11.6 Å². The molecule has 1 unspecified atom stereocenters. The monoisotopic (exact) mass is 474 g/mol. The SMILES string of the molecule is CCC(c1nnnn1C1CCCCC1)N(Cc1ccco1)Cc1cc2ccc(C)c(C)c2[nH]c1=O. The van der Waals surface area contributed by atoms with Crippen molar-refractivity contribution < 1.29 is 4.42 Å². The maximum Gasteiger partial charge on any atom is 0.252 e. The Morgan fingerprint density at radius 1 is 1.17 bits per heavy atom. The molecule has 1 aliphatic rings. The summed E-state index contributed by atoms with van der Waals surface area (Å²) in [4.78, 5) is 18.6. The summed E-state index contributed by atoms with van der Waals surface area (Å²) >= 11 is 0. The molecule has 1 aromatic carbocycles. The Kier molecular flexibility index (Phi) is 6.81. The number of hydrogen-bond acceptors (Lipinski definition) is 6. The summed E-state index contributed by atoms with van der Waals surface area (Å²) in [6.07, 6.45) is 8.42. The van der Waals surface area contributed by atoms with Gasteiger partial charge >= 0.3 is 0 Å². The molecule has 1 fully saturated rings. The molecular formula is C27H34N6O2. The first kappa shape index (κ1) is 23.5. The van der Waals surface area contributed by atoms with Gasteiger partial charge in [-0.3, -0.25) is 9.69 Å². The molecule has 0 saturated heterocycles. The molecule has 0 aliphatic heterocycles. The second-order valence-corrected chi connectivity index (χ2v) is 9.78. The Bertz CT molecular complexity index is 1330. The van der Waals surface area contributed by atoms with E-state index in [0.29, 0.717) is 19.1 Å². The standard InChI is InChI=1S/C27H34N6O2/c1-4-24(26-29-30-31-33(26)22-9-6-5-7-10-22)32(17-23-11-8-14-35-23)16-21-15-20-13-12-18(2)19(3)25(20)28-27(21)34/h8,11-15,22,24H,4-7,9-10,16-17H2,1-3H3,(H,28,34). The van der Waals surface area contributed by atoms with Crippen LogP contribution in [0.2, 0.25) is 0 Å². The number of pyridine rings is 1. The van der Waals surface area contributed by atoms with Crippen LogP contribution in [0.25, 0.3) is 10.9 Å². The highest BCUT2D eigenvalue weighted by Gasteiger charge is 2.29. The summed E-state index contributed by atoms with van der Waals surface area (Å²) in [5.41, 5.74) is 3.85. The van der Waals surface area contributed by atoms with Gasteiger partial charge in [0.1, 0.15) is 5.76 Å². The summed E-state index contributed by atoms with van der Waals surface area (Å²) in [7, 11) is 0. The van der Waals surface area contributed by atoms with E-state index in [1.807, 2.05) is 22.9 Å². The Labute approximate surface area is 205 Å². The molecule has 4 aromatic rings. The molecule has 1 saturated carbocycles. The highest BCUT2D eigenvalue weighted by Crippen LogP contribution is 2.33. The Hall–Kier alpha value is -3.26. The smallest absolute Gasteiger partial charge is 0.252 e. The Morgan fingerprint density at radius 3 is 2.74 bits per heavy atom. The fraction of sp³-hybridized carbons (Fsp3) is 0.481. The van der Waals surface area contributed by atoms with Crippen LogP contribution < -0.4 is 5.56 Å². The molecule has 3 aromatic heterocycles. The van der Waals surface area contributed by atoms with E-state index in [2.05, 4.69) is 58.3 Å². The lowest BCUT2D eigenvalue weighted by molar-refractivity contribution is 0.144. The normalized spacial score (nSPS) is 15.8. The van der Waals surface area contributed by atoms with Gasteiger partial charge in [-0.2, -0.15) is 0 Å². The maximum absolute atomic E-state index is 13.2. The zero-order chi connectivity index (χ0) is 24.4. The zero-order valence-corrected chi connectivity index (χ0v) is 20.8. The van der Waals surface area contributed by atoms with Crippen LogP contribution in [0.15, 0.2) is 45.8 Å². The average molecular weight is 475 g/mol. The third kappa shape index (κ3) is 4.80. The van der Waals surface area contributed by atoms with Gasteiger partial charge in [0, 0.05) is 12.1 Å². The van der Waals surface area contributed by atoms with Crippen molar-refractivity contribution in [3.05, 3.63) is 75.2 Å². The first-order valence-electron chi connectivity index (χ1n) is 12.7. The summed E-state index contributed by atoms with van der Waals surface area (Å²) in [6, 6.07) is 10.4. The van der Waals surface area contributed by atoms with Crippen LogP contribution in [-0.4, -0.2) is 30.1 Å². The first-order valence-corrected chi connectivity index (χ1v) is 12.7. The summed E-state index contributed by atoms with van der Waals surface area (Å²) in [5.74, 6) is 1.72. The minimum atomic E-state index is -0.0580. The van der Waals surface area contributed by atoms with Crippen molar-refractivity contribution in [2.75, 3.05) is 0 Å². The van der Waals surface area contributed by atoms with E-state index in [1.54, 1.807) is 6.26 Å². The molecule has 8 nitrogen and oxygen atoms in total. The molecule has 1 N–H and O–H groups in total. The predicted octanol–water partition coefficient (Wildman–Crippen LogP) is 5.38. The van der Waals surface area contributed by atoms with E-state index >= 15 is 0 Å². The maximum atomic E-state index is 13.2. The molecule has 3 heterocycles. The summed E-state index contributed by atoms with van der Waals surface area (Å²) in [6.45, 7) is 7.29. The number of rotatable bonds is 8. The van der Waals surface area contributed by atoms with Crippen molar-refractivity contribution in [3.63, 3.8) is 0 Å². The number of nitrogens with zero attached hydrogens (tertiary/aromatic N) is 5. The number of hydrogen-bond donors (Lipinski definition) is 1. The van der Waals surface area contributed by atoms with Crippen LogP contribution in [0.5, 0.6) is 0 Å². The van der Waals surface area contributed by atoms with Crippen LogP contribution >= 0.6 is 0 Å². The quantitative estimate of drug-likeness (QED) is 0.368. The molecule has 5 rings (SSSR count).